The number of hydrogen-bond donors (Lipinski definition) is 1. The zero-order valence-corrected chi connectivity index (χ0v) is 12.8. The van der Waals surface area contributed by atoms with Crippen LogP contribution in [-0.2, 0) is 10.0 Å². The van der Waals surface area contributed by atoms with E-state index in [0.29, 0.717) is 13.1 Å². The first-order valence-electron chi connectivity index (χ1n) is 7.02. The second-order valence-electron chi connectivity index (χ2n) is 6.16. The van der Waals surface area contributed by atoms with E-state index in [1.165, 1.54) is 6.42 Å². The van der Waals surface area contributed by atoms with E-state index in [0.717, 1.165) is 32.1 Å². The molecule has 0 aromatic carbocycles. The molecule has 0 bridgehead atoms. The molecule has 18 heavy (non-hydrogen) atoms. The van der Waals surface area contributed by atoms with Crippen LogP contribution in [0.15, 0.2) is 0 Å². The first-order chi connectivity index (χ1) is 8.30. The molecule has 1 aliphatic carbocycles. The van der Waals surface area contributed by atoms with Crippen molar-refractivity contribution >= 4 is 10.0 Å². The van der Waals surface area contributed by atoms with Crippen molar-refractivity contribution in [2.45, 2.75) is 70.1 Å². The van der Waals surface area contributed by atoms with Gasteiger partial charge in [-0.05, 0) is 46.6 Å². The minimum absolute atomic E-state index is 0.189. The van der Waals surface area contributed by atoms with Crippen LogP contribution in [0.3, 0.4) is 0 Å². The van der Waals surface area contributed by atoms with Crippen LogP contribution >= 0.6 is 0 Å². The Bertz CT molecular complexity index is 340. The summed E-state index contributed by atoms with van der Waals surface area (Å²) >= 11 is 0. The summed E-state index contributed by atoms with van der Waals surface area (Å²) in [5, 5.41) is 0. The molecule has 0 atom stereocenters. The van der Waals surface area contributed by atoms with E-state index in [1.54, 1.807) is 25.1 Å². The van der Waals surface area contributed by atoms with Gasteiger partial charge in [-0.15, -0.1) is 0 Å². The monoisotopic (exact) mass is 276 g/mol. The van der Waals surface area contributed by atoms with Crippen molar-refractivity contribution in [3.8, 4) is 0 Å². The highest BCUT2D eigenvalue weighted by atomic mass is 32.2. The molecule has 1 fully saturated rings. The maximum Gasteiger partial charge on any atom is 0.219 e. The quantitative estimate of drug-likeness (QED) is 0.836. The third kappa shape index (κ3) is 3.68. The molecule has 0 aliphatic heterocycles. The highest BCUT2D eigenvalue weighted by Crippen LogP contribution is 2.29. The summed E-state index contributed by atoms with van der Waals surface area (Å²) in [7, 11) is -3.23. The highest BCUT2D eigenvalue weighted by Gasteiger charge is 2.38. The summed E-state index contributed by atoms with van der Waals surface area (Å²) in [6.45, 7) is 6.45. The Hall–Kier alpha value is -0.130. The predicted octanol–water partition coefficient (Wildman–Crippen LogP) is 2.10. The Kier molecular flexibility index (Phi) is 5.62. The molecule has 2 N–H and O–H groups in total. The van der Waals surface area contributed by atoms with Crippen molar-refractivity contribution in [3.05, 3.63) is 0 Å². The summed E-state index contributed by atoms with van der Waals surface area (Å²) in [5.74, 6) is 0. The highest BCUT2D eigenvalue weighted by molar-refractivity contribution is 7.90. The molecule has 5 heteroatoms. The van der Waals surface area contributed by atoms with Gasteiger partial charge in [-0.1, -0.05) is 19.3 Å². The zero-order valence-electron chi connectivity index (χ0n) is 12.0. The lowest BCUT2D eigenvalue weighted by molar-refractivity contribution is 0.247. The molecular formula is C13H28N2O2S. The van der Waals surface area contributed by atoms with E-state index >= 15 is 0 Å². The predicted molar refractivity (Wildman–Crippen MR) is 75.9 cm³/mol. The third-order valence-electron chi connectivity index (χ3n) is 3.65. The molecule has 1 aliphatic rings. The number of sulfonamides is 1. The molecule has 0 saturated heterocycles. The van der Waals surface area contributed by atoms with Crippen molar-refractivity contribution in [1.82, 2.24) is 4.31 Å². The second kappa shape index (κ2) is 6.35. The van der Waals surface area contributed by atoms with E-state index in [-0.39, 0.29) is 6.04 Å². The Morgan fingerprint density at radius 1 is 1.17 bits per heavy atom. The molecule has 1 rings (SSSR count). The van der Waals surface area contributed by atoms with Crippen molar-refractivity contribution in [2.75, 3.05) is 13.1 Å². The molecule has 0 spiro atoms. The van der Waals surface area contributed by atoms with Crippen LogP contribution in [0.1, 0.15) is 59.3 Å². The lowest BCUT2D eigenvalue weighted by Gasteiger charge is -2.37. The van der Waals surface area contributed by atoms with E-state index in [2.05, 4.69) is 0 Å². The number of nitrogens with two attached hydrogens (primary N) is 1. The van der Waals surface area contributed by atoms with Gasteiger partial charge in [0.1, 0.15) is 0 Å². The van der Waals surface area contributed by atoms with Crippen LogP contribution < -0.4 is 5.73 Å². The van der Waals surface area contributed by atoms with Gasteiger partial charge in [0.05, 0.1) is 4.75 Å². The minimum atomic E-state index is -3.23. The summed E-state index contributed by atoms with van der Waals surface area (Å²) in [6.07, 6.45) is 6.26. The number of rotatable bonds is 5. The normalized spacial score (nSPS) is 19.4. The van der Waals surface area contributed by atoms with Crippen LogP contribution in [0, 0.1) is 0 Å². The fraction of sp³-hybridized carbons (Fsp3) is 1.00. The number of nitrogens with zero attached hydrogens (tertiary/aromatic N) is 1. The zero-order chi connectivity index (χ0) is 13.8. The van der Waals surface area contributed by atoms with Gasteiger partial charge in [-0.25, -0.2) is 8.42 Å². The van der Waals surface area contributed by atoms with Gasteiger partial charge < -0.3 is 5.73 Å². The molecule has 0 heterocycles. The SMILES string of the molecule is CC(C)(C)S(=O)(=O)N(CCCN)C1CCCCC1. The third-order valence-corrected chi connectivity index (χ3v) is 6.29. The topological polar surface area (TPSA) is 63.4 Å². The molecule has 108 valence electrons. The molecule has 0 aromatic rings. The van der Waals surface area contributed by atoms with Crippen LogP contribution in [0.4, 0.5) is 0 Å². The summed E-state index contributed by atoms with van der Waals surface area (Å²) < 4.78 is 26.3. The van der Waals surface area contributed by atoms with Crippen LogP contribution in [-0.4, -0.2) is 36.6 Å². The second-order valence-corrected chi connectivity index (χ2v) is 8.81. The smallest absolute Gasteiger partial charge is 0.219 e. The first kappa shape index (κ1) is 15.9. The lowest BCUT2D eigenvalue weighted by Crippen LogP contribution is -2.49. The van der Waals surface area contributed by atoms with Gasteiger partial charge in [-0.2, -0.15) is 4.31 Å². The molecule has 0 aromatic heterocycles. The van der Waals surface area contributed by atoms with Gasteiger partial charge in [-0.3, -0.25) is 0 Å². The van der Waals surface area contributed by atoms with E-state index in [9.17, 15) is 8.42 Å². The van der Waals surface area contributed by atoms with Crippen LogP contribution in [0.25, 0.3) is 0 Å². The maximum atomic E-state index is 12.6. The largest absolute Gasteiger partial charge is 0.330 e. The van der Waals surface area contributed by atoms with Gasteiger partial charge in [0.2, 0.25) is 10.0 Å². The molecule has 1 saturated carbocycles. The van der Waals surface area contributed by atoms with Crippen LogP contribution in [0.5, 0.6) is 0 Å². The molecule has 0 unspecified atom stereocenters. The van der Waals surface area contributed by atoms with Gasteiger partial charge in [0, 0.05) is 12.6 Å². The lowest BCUT2D eigenvalue weighted by atomic mass is 9.95. The average molecular weight is 276 g/mol. The average Bonchev–Trinajstić information content (AvgIpc) is 2.29. The Balaban J connectivity index is 2.89. The Labute approximate surface area is 112 Å². The van der Waals surface area contributed by atoms with Crippen molar-refractivity contribution in [1.29, 1.82) is 0 Å². The number of hydrogen-bond acceptors (Lipinski definition) is 3. The fourth-order valence-electron chi connectivity index (χ4n) is 2.47. The summed E-state index contributed by atoms with van der Waals surface area (Å²) in [4.78, 5) is 0. The fourth-order valence-corrected chi connectivity index (χ4v) is 4.14. The van der Waals surface area contributed by atoms with E-state index in [4.69, 9.17) is 5.73 Å². The van der Waals surface area contributed by atoms with Crippen molar-refractivity contribution < 1.29 is 8.42 Å². The van der Waals surface area contributed by atoms with E-state index < -0.39 is 14.8 Å². The van der Waals surface area contributed by atoms with Gasteiger partial charge >= 0.3 is 0 Å². The van der Waals surface area contributed by atoms with Gasteiger partial charge in [0.25, 0.3) is 0 Å². The maximum absolute atomic E-state index is 12.6. The summed E-state index contributed by atoms with van der Waals surface area (Å²) in [5.41, 5.74) is 5.54. The van der Waals surface area contributed by atoms with Crippen LogP contribution in [0.2, 0.25) is 0 Å². The Morgan fingerprint density at radius 2 is 1.72 bits per heavy atom. The molecule has 0 radical (unpaired) electrons. The standard InChI is InChI=1S/C13H28N2O2S/c1-13(2,3)18(16,17)15(11-7-10-14)12-8-5-4-6-9-12/h12H,4-11,14H2,1-3H3. The molecule has 4 nitrogen and oxygen atoms in total. The van der Waals surface area contributed by atoms with Crippen molar-refractivity contribution in [2.24, 2.45) is 5.73 Å². The van der Waals surface area contributed by atoms with Gasteiger partial charge in [0.15, 0.2) is 0 Å². The molecular weight excluding hydrogens is 248 g/mol. The van der Waals surface area contributed by atoms with E-state index in [1.807, 2.05) is 0 Å². The summed E-state index contributed by atoms with van der Waals surface area (Å²) in [6, 6.07) is 0.189. The minimum Gasteiger partial charge on any atom is -0.330 e. The first-order valence-corrected chi connectivity index (χ1v) is 8.46. The molecule has 0 amide bonds. The van der Waals surface area contributed by atoms with Crippen molar-refractivity contribution in [3.63, 3.8) is 0 Å². The Morgan fingerprint density at radius 3 is 2.17 bits per heavy atom.